The number of rotatable bonds is 8. The minimum Gasteiger partial charge on any atom is -0.444 e. The number of hydrogen-bond donors (Lipinski definition) is 3. The standard InChI is InChI=1S/C14H19ClFNO5S.C13H17ClFNO3.CH4.2H2S/c1-14(2,3)22-13(18)17-12(8-21-23(4,19)20)9-5-10(15)7-11(16)6-9;1-13(2,3)19-12(18)16-11(7-17)8-4-9(14)6-10(15)5-8;;;/h5-7,12H,8H2,1-4H3,(H,17,18);4-6,11,17H,7H2,1-3H3,(H,16,18);1H4;2*1H2/t12-;11-;;;/m11.../s1. The number of amides is 2. The van der Waals surface area contributed by atoms with E-state index >= 15 is 0 Å². The fourth-order valence-electron chi connectivity index (χ4n) is 3.10. The summed E-state index contributed by atoms with van der Waals surface area (Å²) in [5.41, 5.74) is -0.766. The molecule has 0 aliphatic carbocycles. The van der Waals surface area contributed by atoms with E-state index in [-0.39, 0.29) is 56.6 Å². The molecule has 2 amide bonds. The number of aliphatic hydroxyl groups excluding tert-OH is 1. The molecule has 0 radical (unpaired) electrons. The first-order valence-corrected chi connectivity index (χ1v) is 15.0. The zero-order valence-corrected chi connectivity index (χ0v) is 29.6. The summed E-state index contributed by atoms with van der Waals surface area (Å²) >= 11 is 11.5. The van der Waals surface area contributed by atoms with Gasteiger partial charge in [-0.15, -0.1) is 0 Å². The number of carbonyl (C=O) groups excluding carboxylic acids is 2. The zero-order valence-electron chi connectivity index (χ0n) is 25.3. The smallest absolute Gasteiger partial charge is 0.408 e. The van der Waals surface area contributed by atoms with Gasteiger partial charge in [-0.05, 0) is 89.1 Å². The van der Waals surface area contributed by atoms with E-state index in [2.05, 4.69) is 10.6 Å². The molecule has 0 heterocycles. The first kappa shape index (κ1) is 47.4. The second kappa shape index (κ2) is 20.3. The van der Waals surface area contributed by atoms with E-state index in [4.69, 9.17) is 36.9 Å². The van der Waals surface area contributed by atoms with Gasteiger partial charge in [0.2, 0.25) is 0 Å². The Morgan fingerprint density at radius 3 is 1.47 bits per heavy atom. The number of nitrogens with one attached hydrogen (secondary N) is 2. The summed E-state index contributed by atoms with van der Waals surface area (Å²) in [7, 11) is -3.74. The fourth-order valence-corrected chi connectivity index (χ4v) is 3.94. The Labute approximate surface area is 288 Å². The quantitative estimate of drug-likeness (QED) is 0.248. The van der Waals surface area contributed by atoms with Gasteiger partial charge in [-0.25, -0.2) is 18.4 Å². The molecule has 0 saturated heterocycles. The van der Waals surface area contributed by atoms with Crippen LogP contribution in [0.15, 0.2) is 36.4 Å². The van der Waals surface area contributed by atoms with Gasteiger partial charge in [0.15, 0.2) is 0 Å². The van der Waals surface area contributed by atoms with Crippen molar-refractivity contribution in [3.05, 3.63) is 69.2 Å². The molecule has 0 aromatic heterocycles. The topological polar surface area (TPSA) is 140 Å². The van der Waals surface area contributed by atoms with Gasteiger partial charge in [-0.2, -0.15) is 35.4 Å². The summed E-state index contributed by atoms with van der Waals surface area (Å²) in [6.45, 7) is 9.38. The summed E-state index contributed by atoms with van der Waals surface area (Å²) < 4.78 is 63.9. The molecule has 260 valence electrons. The molecule has 0 unspecified atom stereocenters. The lowest BCUT2D eigenvalue weighted by Crippen LogP contribution is -2.37. The van der Waals surface area contributed by atoms with E-state index in [1.807, 2.05) is 0 Å². The number of alkyl carbamates (subject to hydrolysis) is 2. The van der Waals surface area contributed by atoms with Crippen LogP contribution in [0.4, 0.5) is 18.4 Å². The van der Waals surface area contributed by atoms with E-state index in [0.29, 0.717) is 5.56 Å². The maximum Gasteiger partial charge on any atom is 0.408 e. The minimum atomic E-state index is -3.74. The van der Waals surface area contributed by atoms with Crippen LogP contribution in [0.25, 0.3) is 0 Å². The van der Waals surface area contributed by atoms with Crippen molar-refractivity contribution in [1.29, 1.82) is 0 Å². The van der Waals surface area contributed by atoms with Gasteiger partial charge in [-0.3, -0.25) is 4.18 Å². The lowest BCUT2D eigenvalue weighted by Gasteiger charge is -2.23. The third kappa shape index (κ3) is 21.4. The molecule has 0 spiro atoms. The van der Waals surface area contributed by atoms with Crippen LogP contribution in [0.3, 0.4) is 0 Å². The second-order valence-electron chi connectivity index (χ2n) is 11.0. The second-order valence-corrected chi connectivity index (χ2v) is 13.5. The number of hydrogen-bond acceptors (Lipinski definition) is 8. The van der Waals surface area contributed by atoms with E-state index in [1.165, 1.54) is 18.2 Å². The maximum absolute atomic E-state index is 13.5. The van der Waals surface area contributed by atoms with Crippen LogP contribution in [0.2, 0.25) is 10.0 Å². The van der Waals surface area contributed by atoms with Crippen LogP contribution in [0.1, 0.15) is 72.2 Å². The van der Waals surface area contributed by atoms with Crippen LogP contribution in [0, 0.1) is 11.6 Å². The van der Waals surface area contributed by atoms with Gasteiger partial charge in [-0.1, -0.05) is 30.6 Å². The monoisotopic (exact) mass is 740 g/mol. The molecule has 0 aliphatic rings. The summed E-state index contributed by atoms with van der Waals surface area (Å²) in [5.74, 6) is -1.16. The Bertz CT molecular complexity index is 1300. The van der Waals surface area contributed by atoms with Gasteiger partial charge in [0.05, 0.1) is 31.6 Å². The summed E-state index contributed by atoms with van der Waals surface area (Å²) in [5, 5.41) is 14.5. The highest BCUT2D eigenvalue weighted by molar-refractivity contribution is 7.85. The molecule has 17 heteroatoms. The summed E-state index contributed by atoms with van der Waals surface area (Å²) in [6, 6.07) is 5.71. The highest BCUT2D eigenvalue weighted by Gasteiger charge is 2.23. The van der Waals surface area contributed by atoms with Crippen molar-refractivity contribution in [1.82, 2.24) is 10.6 Å². The average Bonchev–Trinajstić information content (AvgIpc) is 2.76. The minimum absolute atomic E-state index is 0. The van der Waals surface area contributed by atoms with Crippen molar-refractivity contribution in [3.63, 3.8) is 0 Å². The highest BCUT2D eigenvalue weighted by atomic mass is 35.5. The number of ether oxygens (including phenoxy) is 2. The largest absolute Gasteiger partial charge is 0.444 e. The molecule has 0 saturated carbocycles. The van der Waals surface area contributed by atoms with E-state index in [0.717, 1.165) is 24.5 Å². The number of aliphatic hydroxyl groups is 1. The molecule has 2 aromatic carbocycles. The number of carbonyl (C=O) groups is 2. The summed E-state index contributed by atoms with van der Waals surface area (Å²) in [6.07, 6.45) is -0.609. The first-order chi connectivity index (χ1) is 19.1. The molecule has 10 nitrogen and oxygen atoms in total. The first-order valence-electron chi connectivity index (χ1n) is 12.4. The van der Waals surface area contributed by atoms with Crippen LogP contribution in [-0.4, -0.2) is 56.4 Å². The van der Waals surface area contributed by atoms with Crippen molar-refractivity contribution in [2.24, 2.45) is 0 Å². The molecular formula is C28H44Cl2F2N2O8S3. The van der Waals surface area contributed by atoms with Gasteiger partial charge < -0.3 is 25.2 Å². The van der Waals surface area contributed by atoms with Crippen molar-refractivity contribution in [3.8, 4) is 0 Å². The Balaban J connectivity index is -0.000000746. The molecule has 0 bridgehead atoms. The van der Waals surface area contributed by atoms with Gasteiger partial charge in [0.1, 0.15) is 22.8 Å². The van der Waals surface area contributed by atoms with Gasteiger partial charge >= 0.3 is 12.2 Å². The summed E-state index contributed by atoms with van der Waals surface area (Å²) in [4.78, 5) is 23.5. The van der Waals surface area contributed by atoms with E-state index in [9.17, 15) is 31.9 Å². The van der Waals surface area contributed by atoms with Crippen molar-refractivity contribution in [2.75, 3.05) is 19.5 Å². The third-order valence-corrected chi connectivity index (χ3v) is 5.59. The lowest BCUT2D eigenvalue weighted by molar-refractivity contribution is 0.0474. The number of benzene rings is 2. The Hall–Kier alpha value is -2.01. The van der Waals surface area contributed by atoms with Crippen LogP contribution >= 0.6 is 50.2 Å². The SMILES string of the molecule is C.CC(C)(C)OC(=O)N[C@H](CO)c1cc(F)cc(Cl)c1.CC(C)(C)OC(=O)N[C@H](COS(C)(=O)=O)c1cc(F)cc(Cl)c1.S.S. The van der Waals surface area contributed by atoms with Crippen molar-refractivity contribution in [2.45, 2.75) is 72.3 Å². The van der Waals surface area contributed by atoms with Gasteiger partial charge in [0.25, 0.3) is 10.1 Å². The molecule has 3 N–H and O–H groups in total. The normalized spacial score (nSPS) is 12.4. The molecule has 45 heavy (non-hydrogen) atoms. The molecule has 2 rings (SSSR count). The van der Waals surface area contributed by atoms with E-state index < -0.39 is 63.8 Å². The predicted molar refractivity (Wildman–Crippen MR) is 182 cm³/mol. The Morgan fingerprint density at radius 1 is 0.800 bits per heavy atom. The molecule has 0 fully saturated rings. The maximum atomic E-state index is 13.5. The molecule has 2 aromatic rings. The van der Waals surface area contributed by atoms with Crippen LogP contribution < -0.4 is 10.6 Å². The van der Waals surface area contributed by atoms with Crippen molar-refractivity contribution >= 4 is 72.5 Å². The molecular weight excluding hydrogens is 697 g/mol. The third-order valence-electron chi connectivity index (χ3n) is 4.59. The average molecular weight is 742 g/mol. The van der Waals surface area contributed by atoms with Gasteiger partial charge in [0, 0.05) is 10.0 Å². The Morgan fingerprint density at radius 2 is 1.16 bits per heavy atom. The predicted octanol–water partition coefficient (Wildman–Crippen LogP) is 6.92. The van der Waals surface area contributed by atoms with Crippen molar-refractivity contribution < 1.29 is 45.6 Å². The number of halogens is 4. The highest BCUT2D eigenvalue weighted by Crippen LogP contribution is 2.22. The van der Waals surface area contributed by atoms with Crippen LogP contribution in [-0.2, 0) is 23.8 Å². The molecule has 2 atom stereocenters. The molecule has 0 aliphatic heterocycles. The Kier molecular flexibility index (Phi) is 21.4. The van der Waals surface area contributed by atoms with Crippen LogP contribution in [0.5, 0.6) is 0 Å². The zero-order chi connectivity index (χ0) is 32.5. The van der Waals surface area contributed by atoms with E-state index in [1.54, 1.807) is 41.5 Å². The lowest BCUT2D eigenvalue weighted by atomic mass is 10.1. The fraction of sp³-hybridized carbons (Fsp3) is 0.500.